The molecule has 182 valence electrons. The molecule has 2 saturated heterocycles. The van der Waals surface area contributed by atoms with Crippen LogP contribution in [0, 0.1) is 6.92 Å². The fourth-order valence-corrected chi connectivity index (χ4v) is 6.37. The van der Waals surface area contributed by atoms with Crippen LogP contribution in [0.25, 0.3) is 0 Å². The Morgan fingerprint density at radius 3 is 2.38 bits per heavy atom. The van der Waals surface area contributed by atoms with Crippen molar-refractivity contribution in [2.24, 2.45) is 0 Å². The van der Waals surface area contributed by atoms with Crippen molar-refractivity contribution in [2.45, 2.75) is 37.6 Å². The van der Waals surface area contributed by atoms with Gasteiger partial charge in [0.1, 0.15) is 0 Å². The molecule has 2 aromatic carbocycles. The normalized spacial score (nSPS) is 19.4. The van der Waals surface area contributed by atoms with E-state index in [9.17, 15) is 13.2 Å². The molecule has 0 N–H and O–H groups in total. The third kappa shape index (κ3) is 4.64. The van der Waals surface area contributed by atoms with Gasteiger partial charge in [-0.3, -0.25) is 9.69 Å². The van der Waals surface area contributed by atoms with Crippen LogP contribution >= 0.6 is 0 Å². The SMILES string of the molecule is Cc1ccc(S(=O)(=O)N2CCCCC2)cc1C(=O)N1CCN(Cc2ccc3c(c2)OCO3)CC1. The van der Waals surface area contributed by atoms with Crippen LogP contribution in [0.2, 0.25) is 0 Å². The van der Waals surface area contributed by atoms with Gasteiger partial charge in [-0.2, -0.15) is 4.31 Å². The van der Waals surface area contributed by atoms with Crippen molar-refractivity contribution in [3.63, 3.8) is 0 Å². The van der Waals surface area contributed by atoms with Gasteiger partial charge in [0, 0.05) is 51.4 Å². The molecule has 0 spiro atoms. The third-order valence-electron chi connectivity index (χ3n) is 6.89. The summed E-state index contributed by atoms with van der Waals surface area (Å²) in [5, 5.41) is 0. The van der Waals surface area contributed by atoms with Crippen molar-refractivity contribution in [3.8, 4) is 11.5 Å². The lowest BCUT2D eigenvalue weighted by Crippen LogP contribution is -2.48. The first-order valence-corrected chi connectivity index (χ1v) is 13.4. The first-order chi connectivity index (χ1) is 16.4. The van der Waals surface area contributed by atoms with Crippen LogP contribution < -0.4 is 9.47 Å². The second kappa shape index (κ2) is 9.56. The number of carbonyl (C=O) groups is 1. The number of carbonyl (C=O) groups excluding carboxylic acids is 1. The van der Waals surface area contributed by atoms with Gasteiger partial charge in [0.15, 0.2) is 11.5 Å². The number of piperazine rings is 1. The molecule has 1 amide bonds. The average molecular weight is 486 g/mol. The number of rotatable bonds is 5. The minimum atomic E-state index is -3.58. The lowest BCUT2D eigenvalue weighted by atomic mass is 10.1. The van der Waals surface area contributed by atoms with Crippen LogP contribution in [0.3, 0.4) is 0 Å². The Hall–Kier alpha value is -2.62. The summed E-state index contributed by atoms with van der Waals surface area (Å²) in [6.45, 7) is 6.71. The predicted molar refractivity (Wildman–Crippen MR) is 128 cm³/mol. The van der Waals surface area contributed by atoms with Gasteiger partial charge in [-0.15, -0.1) is 0 Å². The van der Waals surface area contributed by atoms with Crippen LogP contribution in [-0.2, 0) is 16.6 Å². The van der Waals surface area contributed by atoms with E-state index in [1.165, 1.54) is 0 Å². The number of sulfonamides is 1. The summed E-state index contributed by atoms with van der Waals surface area (Å²) in [5.74, 6) is 1.45. The molecular weight excluding hydrogens is 454 g/mol. The molecule has 0 saturated carbocycles. The van der Waals surface area contributed by atoms with E-state index >= 15 is 0 Å². The highest BCUT2D eigenvalue weighted by atomic mass is 32.2. The number of nitrogens with zero attached hydrogens (tertiary/aromatic N) is 3. The second-order valence-corrected chi connectivity index (χ2v) is 11.1. The standard InChI is InChI=1S/C25H31N3O5S/c1-19-5-7-21(34(30,31)28-9-3-2-4-10-28)16-22(19)25(29)27-13-11-26(12-14-27)17-20-6-8-23-24(15-20)33-18-32-23/h5-8,15-16H,2-4,9-14,17-18H2,1H3. The molecule has 5 rings (SSSR count). The molecule has 0 aromatic heterocycles. The average Bonchev–Trinajstić information content (AvgIpc) is 3.33. The molecule has 34 heavy (non-hydrogen) atoms. The molecule has 2 fully saturated rings. The Balaban J connectivity index is 1.24. The molecule has 0 radical (unpaired) electrons. The monoisotopic (exact) mass is 485 g/mol. The number of aryl methyl sites for hydroxylation is 1. The number of hydrogen-bond acceptors (Lipinski definition) is 6. The Morgan fingerprint density at radius 2 is 1.62 bits per heavy atom. The maximum atomic E-state index is 13.3. The molecule has 2 aromatic rings. The highest BCUT2D eigenvalue weighted by Crippen LogP contribution is 2.33. The van der Waals surface area contributed by atoms with Gasteiger partial charge in [0.2, 0.25) is 16.8 Å². The minimum absolute atomic E-state index is 0.101. The van der Waals surface area contributed by atoms with Crippen LogP contribution in [0.4, 0.5) is 0 Å². The zero-order valence-corrected chi connectivity index (χ0v) is 20.3. The van der Waals surface area contributed by atoms with E-state index in [2.05, 4.69) is 4.90 Å². The van der Waals surface area contributed by atoms with Crippen molar-refractivity contribution in [1.82, 2.24) is 14.1 Å². The molecule has 0 atom stereocenters. The van der Waals surface area contributed by atoms with E-state index in [1.54, 1.807) is 22.5 Å². The van der Waals surface area contributed by atoms with E-state index < -0.39 is 10.0 Å². The molecule has 0 aliphatic carbocycles. The van der Waals surface area contributed by atoms with Crippen LogP contribution in [-0.4, -0.2) is 74.5 Å². The number of amides is 1. The van der Waals surface area contributed by atoms with Crippen molar-refractivity contribution in [3.05, 3.63) is 53.1 Å². The number of benzene rings is 2. The summed E-state index contributed by atoms with van der Waals surface area (Å²) in [5.41, 5.74) is 2.42. The van der Waals surface area contributed by atoms with Gasteiger partial charge in [-0.05, 0) is 55.2 Å². The van der Waals surface area contributed by atoms with E-state index in [4.69, 9.17) is 9.47 Å². The second-order valence-electron chi connectivity index (χ2n) is 9.20. The summed E-state index contributed by atoms with van der Waals surface area (Å²) in [6.07, 6.45) is 2.82. The maximum absolute atomic E-state index is 13.3. The van der Waals surface area contributed by atoms with Crippen molar-refractivity contribution < 1.29 is 22.7 Å². The lowest BCUT2D eigenvalue weighted by molar-refractivity contribution is 0.0627. The molecule has 9 heteroatoms. The minimum Gasteiger partial charge on any atom is -0.454 e. The largest absolute Gasteiger partial charge is 0.454 e. The number of ether oxygens (including phenoxy) is 2. The summed E-state index contributed by atoms with van der Waals surface area (Å²) >= 11 is 0. The van der Waals surface area contributed by atoms with Crippen LogP contribution in [0.5, 0.6) is 11.5 Å². The highest BCUT2D eigenvalue weighted by Gasteiger charge is 2.29. The quantitative estimate of drug-likeness (QED) is 0.648. The smallest absolute Gasteiger partial charge is 0.254 e. The van der Waals surface area contributed by atoms with E-state index in [-0.39, 0.29) is 17.6 Å². The Morgan fingerprint density at radius 1 is 0.882 bits per heavy atom. The lowest BCUT2D eigenvalue weighted by Gasteiger charge is -2.35. The molecule has 8 nitrogen and oxygen atoms in total. The van der Waals surface area contributed by atoms with Gasteiger partial charge < -0.3 is 14.4 Å². The van der Waals surface area contributed by atoms with Gasteiger partial charge in [0.05, 0.1) is 4.90 Å². The third-order valence-corrected chi connectivity index (χ3v) is 8.79. The van der Waals surface area contributed by atoms with E-state index in [0.717, 1.165) is 61.5 Å². The topological polar surface area (TPSA) is 79.4 Å². The number of hydrogen-bond donors (Lipinski definition) is 0. The predicted octanol–water partition coefficient (Wildman–Crippen LogP) is 2.86. The first kappa shape index (κ1) is 23.1. The fraction of sp³-hybridized carbons (Fsp3) is 0.480. The molecule has 3 aliphatic rings. The Labute approximate surface area is 201 Å². The molecular formula is C25H31N3O5S. The zero-order chi connectivity index (χ0) is 23.7. The Kier molecular flexibility index (Phi) is 6.50. The van der Waals surface area contributed by atoms with Crippen molar-refractivity contribution in [2.75, 3.05) is 46.1 Å². The Bertz CT molecular complexity index is 1170. The van der Waals surface area contributed by atoms with Gasteiger partial charge in [0.25, 0.3) is 5.91 Å². The zero-order valence-electron chi connectivity index (χ0n) is 19.5. The first-order valence-electron chi connectivity index (χ1n) is 11.9. The number of piperidine rings is 1. The van der Waals surface area contributed by atoms with Crippen molar-refractivity contribution >= 4 is 15.9 Å². The van der Waals surface area contributed by atoms with E-state index in [0.29, 0.717) is 31.7 Å². The molecule has 0 unspecified atom stereocenters. The van der Waals surface area contributed by atoms with Gasteiger partial charge in [-0.1, -0.05) is 18.6 Å². The van der Waals surface area contributed by atoms with Gasteiger partial charge in [-0.25, -0.2) is 8.42 Å². The summed E-state index contributed by atoms with van der Waals surface area (Å²) in [6, 6.07) is 10.9. The maximum Gasteiger partial charge on any atom is 0.254 e. The molecule has 3 aliphatic heterocycles. The highest BCUT2D eigenvalue weighted by molar-refractivity contribution is 7.89. The van der Waals surface area contributed by atoms with E-state index in [1.807, 2.05) is 30.0 Å². The summed E-state index contributed by atoms with van der Waals surface area (Å²) < 4.78 is 38.6. The molecule has 0 bridgehead atoms. The number of fused-ring (bicyclic) bond motifs is 1. The summed E-state index contributed by atoms with van der Waals surface area (Å²) in [7, 11) is -3.58. The summed E-state index contributed by atoms with van der Waals surface area (Å²) in [4.78, 5) is 17.7. The van der Waals surface area contributed by atoms with Crippen LogP contribution in [0.15, 0.2) is 41.3 Å². The van der Waals surface area contributed by atoms with Crippen molar-refractivity contribution in [1.29, 1.82) is 0 Å². The molecule has 3 heterocycles. The van der Waals surface area contributed by atoms with Gasteiger partial charge >= 0.3 is 0 Å². The van der Waals surface area contributed by atoms with Crippen LogP contribution in [0.1, 0.15) is 40.7 Å². The fourth-order valence-electron chi connectivity index (χ4n) is 4.82.